The van der Waals surface area contributed by atoms with E-state index in [2.05, 4.69) is 22.2 Å². The summed E-state index contributed by atoms with van der Waals surface area (Å²) in [5.41, 5.74) is 0. The van der Waals surface area contributed by atoms with Gasteiger partial charge >= 0.3 is 0 Å². The Hall–Kier alpha value is -1.07. The van der Waals surface area contributed by atoms with Crippen molar-refractivity contribution < 1.29 is 0 Å². The molecule has 2 rings (SSSR count). The molecule has 0 aliphatic carbocycles. The lowest BCUT2D eigenvalue weighted by Gasteiger charge is -1.98. The Morgan fingerprint density at radius 1 is 1.35 bits per heavy atom. The molecule has 3 nitrogen and oxygen atoms in total. The lowest BCUT2D eigenvalue weighted by Crippen LogP contribution is -1.97. The SMILES string of the molecule is CCCNc1ncc(CSc2ccncc2)s1. The topological polar surface area (TPSA) is 37.8 Å². The van der Waals surface area contributed by atoms with E-state index in [1.807, 2.05) is 42.5 Å². The molecule has 0 atom stereocenters. The molecule has 0 saturated heterocycles. The van der Waals surface area contributed by atoms with Crippen LogP contribution in [0, 0.1) is 0 Å². The van der Waals surface area contributed by atoms with E-state index in [1.54, 1.807) is 11.3 Å². The second-order valence-corrected chi connectivity index (χ2v) is 5.69. The molecule has 0 aromatic carbocycles. The van der Waals surface area contributed by atoms with Crippen molar-refractivity contribution in [2.45, 2.75) is 24.0 Å². The van der Waals surface area contributed by atoms with Crippen molar-refractivity contribution >= 4 is 28.2 Å². The van der Waals surface area contributed by atoms with Crippen LogP contribution in [0.1, 0.15) is 18.2 Å². The van der Waals surface area contributed by atoms with Gasteiger partial charge in [0.2, 0.25) is 0 Å². The van der Waals surface area contributed by atoms with Crippen LogP contribution in [0.15, 0.2) is 35.6 Å². The van der Waals surface area contributed by atoms with E-state index in [1.165, 1.54) is 9.77 Å². The minimum Gasteiger partial charge on any atom is -0.362 e. The lowest BCUT2D eigenvalue weighted by molar-refractivity contribution is 0.976. The van der Waals surface area contributed by atoms with Gasteiger partial charge in [-0.05, 0) is 18.6 Å². The van der Waals surface area contributed by atoms with Gasteiger partial charge in [-0.25, -0.2) is 4.98 Å². The van der Waals surface area contributed by atoms with Crippen LogP contribution >= 0.6 is 23.1 Å². The molecule has 0 unspecified atom stereocenters. The molecule has 0 amide bonds. The molecule has 5 heteroatoms. The summed E-state index contributed by atoms with van der Waals surface area (Å²) in [5.74, 6) is 0.968. The van der Waals surface area contributed by atoms with Gasteiger partial charge in [0.15, 0.2) is 5.13 Å². The fourth-order valence-corrected chi connectivity index (χ4v) is 3.02. The molecule has 0 aliphatic heterocycles. The fourth-order valence-electron chi connectivity index (χ4n) is 1.28. The highest BCUT2D eigenvalue weighted by atomic mass is 32.2. The molecule has 17 heavy (non-hydrogen) atoms. The molecular formula is C12H15N3S2. The highest BCUT2D eigenvalue weighted by molar-refractivity contribution is 7.98. The number of nitrogens with one attached hydrogen (secondary N) is 1. The van der Waals surface area contributed by atoms with Gasteiger partial charge < -0.3 is 5.32 Å². The molecule has 0 saturated carbocycles. The average molecular weight is 265 g/mol. The Morgan fingerprint density at radius 2 is 2.18 bits per heavy atom. The summed E-state index contributed by atoms with van der Waals surface area (Å²) in [7, 11) is 0. The van der Waals surface area contributed by atoms with Crippen molar-refractivity contribution in [2.75, 3.05) is 11.9 Å². The third kappa shape index (κ3) is 4.02. The van der Waals surface area contributed by atoms with Gasteiger partial charge in [0.25, 0.3) is 0 Å². The number of anilines is 1. The smallest absolute Gasteiger partial charge is 0.182 e. The van der Waals surface area contributed by atoms with E-state index in [-0.39, 0.29) is 0 Å². The number of pyridine rings is 1. The molecule has 0 spiro atoms. The summed E-state index contributed by atoms with van der Waals surface area (Å²) in [6.07, 6.45) is 6.73. The van der Waals surface area contributed by atoms with E-state index in [4.69, 9.17) is 0 Å². The van der Waals surface area contributed by atoms with E-state index in [0.717, 1.165) is 23.8 Å². The number of thiazole rings is 1. The van der Waals surface area contributed by atoms with Gasteiger partial charge in [-0.2, -0.15) is 0 Å². The molecule has 0 aliphatic rings. The van der Waals surface area contributed by atoms with Gasteiger partial charge in [0.05, 0.1) is 0 Å². The Kier molecular flexibility index (Phi) is 4.82. The van der Waals surface area contributed by atoms with Gasteiger partial charge in [0.1, 0.15) is 0 Å². The fraction of sp³-hybridized carbons (Fsp3) is 0.333. The quantitative estimate of drug-likeness (QED) is 0.809. The first-order valence-corrected chi connectivity index (χ1v) is 7.40. The maximum atomic E-state index is 4.35. The first kappa shape index (κ1) is 12.4. The number of aromatic nitrogens is 2. The number of hydrogen-bond donors (Lipinski definition) is 1. The average Bonchev–Trinajstić information content (AvgIpc) is 2.83. The number of nitrogens with zero attached hydrogens (tertiary/aromatic N) is 2. The van der Waals surface area contributed by atoms with Crippen LogP contribution in [0.25, 0.3) is 0 Å². The summed E-state index contributed by atoms with van der Waals surface area (Å²) >= 11 is 3.55. The molecule has 2 aromatic rings. The zero-order valence-corrected chi connectivity index (χ0v) is 11.4. The van der Waals surface area contributed by atoms with Crippen molar-refractivity contribution in [1.82, 2.24) is 9.97 Å². The number of rotatable bonds is 6. The third-order valence-electron chi connectivity index (χ3n) is 2.11. The van der Waals surface area contributed by atoms with Crippen LogP contribution < -0.4 is 5.32 Å². The minimum absolute atomic E-state index is 0.968. The number of hydrogen-bond acceptors (Lipinski definition) is 5. The second-order valence-electron chi connectivity index (χ2n) is 3.53. The maximum absolute atomic E-state index is 4.35. The van der Waals surface area contributed by atoms with E-state index < -0.39 is 0 Å². The van der Waals surface area contributed by atoms with Gasteiger partial charge in [-0.15, -0.1) is 23.1 Å². The molecule has 1 N–H and O–H groups in total. The Balaban J connectivity index is 1.85. The largest absolute Gasteiger partial charge is 0.362 e. The van der Waals surface area contributed by atoms with E-state index in [0.29, 0.717) is 0 Å². The Bertz CT molecular complexity index is 442. The highest BCUT2D eigenvalue weighted by Gasteiger charge is 2.02. The van der Waals surface area contributed by atoms with Crippen LogP contribution in [-0.2, 0) is 5.75 Å². The predicted molar refractivity (Wildman–Crippen MR) is 74.7 cm³/mol. The van der Waals surface area contributed by atoms with Crippen molar-refractivity contribution in [3.05, 3.63) is 35.6 Å². The molecule has 0 bridgehead atoms. The molecule has 0 radical (unpaired) electrons. The van der Waals surface area contributed by atoms with Gasteiger partial charge in [-0.3, -0.25) is 4.98 Å². The van der Waals surface area contributed by atoms with E-state index >= 15 is 0 Å². The third-order valence-corrected chi connectivity index (χ3v) is 4.31. The second kappa shape index (κ2) is 6.61. The molecule has 2 aromatic heterocycles. The van der Waals surface area contributed by atoms with Gasteiger partial charge in [-0.1, -0.05) is 6.92 Å². The zero-order valence-electron chi connectivity index (χ0n) is 9.72. The van der Waals surface area contributed by atoms with Crippen LogP contribution in [0.3, 0.4) is 0 Å². The van der Waals surface area contributed by atoms with Crippen LogP contribution in [0.4, 0.5) is 5.13 Å². The summed E-state index contributed by atoms with van der Waals surface area (Å²) in [6, 6.07) is 4.06. The standard InChI is InChI=1S/C12H15N3S2/c1-2-5-14-12-15-8-11(17-12)9-16-10-3-6-13-7-4-10/h3-4,6-8H,2,5,9H2,1H3,(H,14,15). The predicted octanol–water partition coefficient (Wildman–Crippen LogP) is 3.65. The molecular weight excluding hydrogens is 250 g/mol. The summed E-state index contributed by atoms with van der Waals surface area (Å²) < 4.78 is 0. The Labute approximate surface area is 110 Å². The van der Waals surface area contributed by atoms with Crippen molar-refractivity contribution in [2.24, 2.45) is 0 Å². The molecule has 90 valence electrons. The molecule has 0 fully saturated rings. The molecule has 2 heterocycles. The van der Waals surface area contributed by atoms with Crippen molar-refractivity contribution in [1.29, 1.82) is 0 Å². The monoisotopic (exact) mass is 265 g/mol. The maximum Gasteiger partial charge on any atom is 0.182 e. The van der Waals surface area contributed by atoms with E-state index in [9.17, 15) is 0 Å². The summed E-state index contributed by atoms with van der Waals surface area (Å²) in [6.45, 7) is 3.14. The Morgan fingerprint density at radius 3 is 2.94 bits per heavy atom. The van der Waals surface area contributed by atoms with Crippen LogP contribution in [-0.4, -0.2) is 16.5 Å². The van der Waals surface area contributed by atoms with Crippen molar-refractivity contribution in [3.8, 4) is 0 Å². The lowest BCUT2D eigenvalue weighted by atomic mass is 10.5. The summed E-state index contributed by atoms with van der Waals surface area (Å²) in [5, 5.41) is 4.33. The zero-order chi connectivity index (χ0) is 11.9. The number of thioether (sulfide) groups is 1. The van der Waals surface area contributed by atoms with Gasteiger partial charge in [0, 0.05) is 40.7 Å². The van der Waals surface area contributed by atoms with Crippen LogP contribution in [0.5, 0.6) is 0 Å². The normalized spacial score (nSPS) is 10.4. The van der Waals surface area contributed by atoms with Crippen LogP contribution in [0.2, 0.25) is 0 Å². The highest BCUT2D eigenvalue weighted by Crippen LogP contribution is 2.26. The summed E-state index contributed by atoms with van der Waals surface area (Å²) in [4.78, 5) is 10.9. The first-order chi connectivity index (χ1) is 8.38. The first-order valence-electron chi connectivity index (χ1n) is 5.60. The van der Waals surface area contributed by atoms with Crippen molar-refractivity contribution in [3.63, 3.8) is 0 Å². The minimum atomic E-state index is 0.968.